The van der Waals surface area contributed by atoms with Crippen LogP contribution in [0.15, 0.2) is 35.4 Å². The number of carbonyl (C=O) groups excluding carboxylic acids is 1. The number of rotatable bonds is 7. The van der Waals surface area contributed by atoms with Gasteiger partial charge in [0.15, 0.2) is 5.82 Å². The van der Waals surface area contributed by atoms with Gasteiger partial charge in [0, 0.05) is 17.3 Å². The van der Waals surface area contributed by atoms with Gasteiger partial charge in [-0.05, 0) is 43.9 Å². The molecular formula is C21H22ClF3N6O2. The molecule has 1 N–H and O–H groups in total. The van der Waals surface area contributed by atoms with E-state index in [0.717, 1.165) is 33.3 Å². The van der Waals surface area contributed by atoms with Crippen molar-refractivity contribution in [3.8, 4) is 11.4 Å². The van der Waals surface area contributed by atoms with Crippen molar-refractivity contribution in [1.29, 1.82) is 0 Å². The van der Waals surface area contributed by atoms with Gasteiger partial charge in [0.05, 0.1) is 17.8 Å². The number of benzene rings is 1. The Morgan fingerprint density at radius 2 is 2.06 bits per heavy atom. The molecule has 2 aromatic heterocycles. The standard InChI is InChI=1S/C21H22ClF3N6O2/c1-12-7-14(3-6-17(12)22)13(2)27-18(32)10-30-20(33)31(16-4-5-16)19(28-30)15-8-26-29(9-15)11-21(23,24)25/h3,6-9,13,16H,4-5,10-11H2,1-2H3,(H,27,32)/t13-/m0/s1. The molecule has 12 heteroatoms. The second kappa shape index (κ2) is 8.69. The predicted octanol–water partition coefficient (Wildman–Crippen LogP) is 3.64. The van der Waals surface area contributed by atoms with Crippen LogP contribution in [0.25, 0.3) is 11.4 Å². The van der Waals surface area contributed by atoms with Crippen LogP contribution in [-0.2, 0) is 17.9 Å². The van der Waals surface area contributed by atoms with Gasteiger partial charge in [-0.25, -0.2) is 9.48 Å². The lowest BCUT2D eigenvalue weighted by atomic mass is 10.1. The Labute approximate surface area is 192 Å². The number of carbonyl (C=O) groups is 1. The summed E-state index contributed by atoms with van der Waals surface area (Å²) in [5, 5.41) is 11.4. The Balaban J connectivity index is 1.53. The number of halogens is 4. The van der Waals surface area contributed by atoms with Crippen molar-refractivity contribution in [3.63, 3.8) is 0 Å². The summed E-state index contributed by atoms with van der Waals surface area (Å²) in [5.74, 6) is -0.220. The van der Waals surface area contributed by atoms with Crippen LogP contribution in [0.4, 0.5) is 13.2 Å². The van der Waals surface area contributed by atoms with Crippen LogP contribution in [0.2, 0.25) is 5.02 Å². The van der Waals surface area contributed by atoms with Crippen molar-refractivity contribution >= 4 is 17.5 Å². The van der Waals surface area contributed by atoms with Crippen LogP contribution < -0.4 is 11.0 Å². The fourth-order valence-electron chi connectivity index (χ4n) is 3.57. The van der Waals surface area contributed by atoms with Gasteiger partial charge in [0.2, 0.25) is 5.91 Å². The number of hydrogen-bond acceptors (Lipinski definition) is 4. The van der Waals surface area contributed by atoms with Gasteiger partial charge in [-0.15, -0.1) is 5.10 Å². The zero-order chi connectivity index (χ0) is 23.9. The van der Waals surface area contributed by atoms with E-state index in [2.05, 4.69) is 15.5 Å². The monoisotopic (exact) mass is 482 g/mol. The first-order valence-corrected chi connectivity index (χ1v) is 10.7. The van der Waals surface area contributed by atoms with Crippen LogP contribution in [0.3, 0.4) is 0 Å². The molecule has 1 amide bonds. The highest BCUT2D eigenvalue weighted by molar-refractivity contribution is 6.31. The lowest BCUT2D eigenvalue weighted by Gasteiger charge is -2.15. The van der Waals surface area contributed by atoms with E-state index >= 15 is 0 Å². The minimum absolute atomic E-state index is 0.0914. The molecule has 1 fully saturated rings. The Bertz CT molecular complexity index is 1240. The highest BCUT2D eigenvalue weighted by Crippen LogP contribution is 2.36. The maximum Gasteiger partial charge on any atom is 0.408 e. The molecule has 3 aromatic rings. The summed E-state index contributed by atoms with van der Waals surface area (Å²) in [6.45, 7) is 2.11. The van der Waals surface area contributed by atoms with E-state index in [-0.39, 0.29) is 30.0 Å². The van der Waals surface area contributed by atoms with Gasteiger partial charge in [-0.1, -0.05) is 23.7 Å². The minimum Gasteiger partial charge on any atom is -0.348 e. The summed E-state index contributed by atoms with van der Waals surface area (Å²) in [4.78, 5) is 25.5. The number of amides is 1. The molecule has 1 atom stereocenters. The predicted molar refractivity (Wildman–Crippen MR) is 115 cm³/mol. The fraction of sp³-hybridized carbons (Fsp3) is 0.429. The van der Waals surface area contributed by atoms with Gasteiger partial charge in [0.25, 0.3) is 0 Å². The van der Waals surface area contributed by atoms with Crippen LogP contribution in [0, 0.1) is 6.92 Å². The Hall–Kier alpha value is -3.08. The van der Waals surface area contributed by atoms with Gasteiger partial charge in [-0.2, -0.15) is 18.3 Å². The number of aryl methyl sites for hydroxylation is 1. The zero-order valence-electron chi connectivity index (χ0n) is 17.9. The Morgan fingerprint density at radius 1 is 1.33 bits per heavy atom. The molecule has 8 nitrogen and oxygen atoms in total. The molecule has 33 heavy (non-hydrogen) atoms. The topological polar surface area (TPSA) is 86.7 Å². The molecule has 0 saturated heterocycles. The van der Waals surface area contributed by atoms with Gasteiger partial charge in [-0.3, -0.25) is 14.0 Å². The van der Waals surface area contributed by atoms with E-state index in [1.165, 1.54) is 17.0 Å². The van der Waals surface area contributed by atoms with Crippen molar-refractivity contribution < 1.29 is 18.0 Å². The van der Waals surface area contributed by atoms with Crippen LogP contribution in [-0.4, -0.2) is 36.2 Å². The van der Waals surface area contributed by atoms with E-state index in [4.69, 9.17) is 11.6 Å². The van der Waals surface area contributed by atoms with Gasteiger partial charge in [0.1, 0.15) is 13.1 Å². The quantitative estimate of drug-likeness (QED) is 0.557. The molecule has 4 rings (SSSR count). The molecule has 1 aliphatic carbocycles. The van der Waals surface area contributed by atoms with E-state index < -0.39 is 24.3 Å². The largest absolute Gasteiger partial charge is 0.408 e. The fourth-order valence-corrected chi connectivity index (χ4v) is 3.69. The van der Waals surface area contributed by atoms with Gasteiger partial charge >= 0.3 is 11.9 Å². The van der Waals surface area contributed by atoms with E-state index in [0.29, 0.717) is 5.02 Å². The second-order valence-corrected chi connectivity index (χ2v) is 8.61. The van der Waals surface area contributed by atoms with Crippen molar-refractivity contribution in [1.82, 2.24) is 29.4 Å². The number of nitrogens with one attached hydrogen (secondary N) is 1. The van der Waals surface area contributed by atoms with Crippen molar-refractivity contribution in [3.05, 3.63) is 57.2 Å². The minimum atomic E-state index is -4.42. The van der Waals surface area contributed by atoms with Crippen LogP contribution in [0.5, 0.6) is 0 Å². The summed E-state index contributed by atoms with van der Waals surface area (Å²) in [6.07, 6.45) is -0.468. The summed E-state index contributed by atoms with van der Waals surface area (Å²) in [7, 11) is 0. The molecule has 1 aromatic carbocycles. The average molecular weight is 483 g/mol. The highest BCUT2D eigenvalue weighted by Gasteiger charge is 2.32. The molecule has 1 saturated carbocycles. The first-order chi connectivity index (χ1) is 15.5. The van der Waals surface area contributed by atoms with Crippen molar-refractivity contribution in [2.75, 3.05) is 0 Å². The number of aromatic nitrogens is 5. The first kappa shape index (κ1) is 23.1. The van der Waals surface area contributed by atoms with E-state index in [1.54, 1.807) is 6.07 Å². The summed E-state index contributed by atoms with van der Waals surface area (Å²) >= 11 is 6.05. The van der Waals surface area contributed by atoms with E-state index in [9.17, 15) is 22.8 Å². The number of alkyl halides is 3. The molecule has 176 valence electrons. The van der Waals surface area contributed by atoms with Crippen LogP contribution >= 0.6 is 11.6 Å². The molecule has 0 bridgehead atoms. The molecule has 0 spiro atoms. The third-order valence-corrected chi connectivity index (χ3v) is 5.79. The smallest absolute Gasteiger partial charge is 0.348 e. The summed E-state index contributed by atoms with van der Waals surface area (Å²) in [5.41, 5.74) is 1.54. The second-order valence-electron chi connectivity index (χ2n) is 8.20. The third kappa shape index (κ3) is 5.29. The SMILES string of the molecule is Cc1cc([C@H](C)NC(=O)Cn2nc(-c3cnn(CC(F)(F)F)c3)n(C3CC3)c2=O)ccc1Cl. The highest BCUT2D eigenvalue weighted by atomic mass is 35.5. The molecule has 1 aliphatic rings. The van der Waals surface area contributed by atoms with Crippen molar-refractivity contribution in [2.24, 2.45) is 0 Å². The molecule has 0 radical (unpaired) electrons. The molecule has 0 aliphatic heterocycles. The maximum atomic E-state index is 12.9. The Morgan fingerprint density at radius 3 is 2.70 bits per heavy atom. The van der Waals surface area contributed by atoms with Gasteiger partial charge < -0.3 is 5.32 Å². The molecule has 2 heterocycles. The van der Waals surface area contributed by atoms with E-state index in [1.807, 2.05) is 26.0 Å². The average Bonchev–Trinajstić information content (AvgIpc) is 3.37. The maximum absolute atomic E-state index is 12.9. The summed E-state index contributed by atoms with van der Waals surface area (Å²) < 4.78 is 41.2. The lowest BCUT2D eigenvalue weighted by Crippen LogP contribution is -2.34. The first-order valence-electron chi connectivity index (χ1n) is 10.4. The number of hydrogen-bond donors (Lipinski definition) is 1. The van der Waals surface area contributed by atoms with Crippen LogP contribution in [0.1, 0.15) is 43.0 Å². The zero-order valence-corrected chi connectivity index (χ0v) is 18.7. The van der Waals surface area contributed by atoms with Crippen molar-refractivity contribution in [2.45, 2.75) is 58.0 Å². The molecule has 0 unspecified atom stereocenters. The lowest BCUT2D eigenvalue weighted by molar-refractivity contribution is -0.142. The normalized spacial score (nSPS) is 15.0. The third-order valence-electron chi connectivity index (χ3n) is 5.37. The molecular weight excluding hydrogens is 461 g/mol. The summed E-state index contributed by atoms with van der Waals surface area (Å²) in [6, 6.07) is 5.02. The number of nitrogens with zero attached hydrogens (tertiary/aromatic N) is 5. The Kier molecular flexibility index (Phi) is 6.08.